The molecule has 1 fully saturated rings. The minimum absolute atomic E-state index is 0.124. The largest absolute Gasteiger partial charge is 0.468 e. The summed E-state index contributed by atoms with van der Waals surface area (Å²) in [5, 5.41) is 3.17. The van der Waals surface area contributed by atoms with Gasteiger partial charge in [0.05, 0.1) is 7.11 Å². The molecule has 0 aromatic carbocycles. The Hall–Kier alpha value is -0.610. The fourth-order valence-corrected chi connectivity index (χ4v) is 2.42. The van der Waals surface area contributed by atoms with Crippen molar-refractivity contribution >= 4 is 5.97 Å². The van der Waals surface area contributed by atoms with Gasteiger partial charge in [-0.3, -0.25) is 4.79 Å². The van der Waals surface area contributed by atoms with Crippen molar-refractivity contribution in [2.45, 2.75) is 44.7 Å². The predicted octanol–water partition coefficient (Wildman–Crippen LogP) is 1.01. The van der Waals surface area contributed by atoms with Crippen molar-refractivity contribution in [2.24, 2.45) is 0 Å². The summed E-state index contributed by atoms with van der Waals surface area (Å²) in [6.45, 7) is 6.42. The smallest absolute Gasteiger partial charge is 0.326 e. The average molecular weight is 228 g/mol. The van der Waals surface area contributed by atoms with E-state index in [1.165, 1.54) is 7.11 Å². The molecule has 94 valence electrons. The first-order chi connectivity index (χ1) is 7.55. The molecular formula is C12H24N2O2. The van der Waals surface area contributed by atoms with E-state index in [1.807, 2.05) is 7.05 Å². The van der Waals surface area contributed by atoms with E-state index < -0.39 is 5.54 Å². The molecule has 0 amide bonds. The van der Waals surface area contributed by atoms with Gasteiger partial charge in [-0.25, -0.2) is 0 Å². The zero-order chi connectivity index (χ0) is 12.2. The van der Waals surface area contributed by atoms with Crippen LogP contribution in [0.4, 0.5) is 0 Å². The van der Waals surface area contributed by atoms with Crippen molar-refractivity contribution in [1.29, 1.82) is 0 Å². The molecule has 0 bridgehead atoms. The SMILES string of the molecule is CNC1(C(=O)OC)CCCN(C(C)C)CC1. The second kappa shape index (κ2) is 5.64. The maximum atomic E-state index is 11.8. The number of ether oxygens (including phenoxy) is 1. The first-order valence-electron chi connectivity index (χ1n) is 6.07. The summed E-state index contributed by atoms with van der Waals surface area (Å²) in [7, 11) is 3.31. The maximum absolute atomic E-state index is 11.8. The van der Waals surface area contributed by atoms with E-state index in [4.69, 9.17) is 4.74 Å². The Morgan fingerprint density at radius 2 is 2.06 bits per heavy atom. The molecule has 1 saturated heterocycles. The summed E-state index contributed by atoms with van der Waals surface area (Å²) in [6, 6.07) is 0.547. The number of rotatable bonds is 3. The third-order valence-electron chi connectivity index (χ3n) is 3.66. The Bertz CT molecular complexity index is 243. The topological polar surface area (TPSA) is 41.6 Å². The van der Waals surface area contributed by atoms with Crippen LogP contribution in [-0.4, -0.2) is 49.7 Å². The Morgan fingerprint density at radius 1 is 1.38 bits per heavy atom. The minimum Gasteiger partial charge on any atom is -0.468 e. The van der Waals surface area contributed by atoms with Crippen LogP contribution in [0.1, 0.15) is 33.1 Å². The fraction of sp³-hybridized carbons (Fsp3) is 0.917. The zero-order valence-corrected chi connectivity index (χ0v) is 10.9. The molecule has 16 heavy (non-hydrogen) atoms. The van der Waals surface area contributed by atoms with E-state index in [9.17, 15) is 4.79 Å². The Kier molecular flexibility index (Phi) is 4.74. The van der Waals surface area contributed by atoms with Crippen LogP contribution in [0.2, 0.25) is 0 Å². The normalized spacial score (nSPS) is 27.8. The van der Waals surface area contributed by atoms with Gasteiger partial charge in [-0.1, -0.05) is 0 Å². The minimum atomic E-state index is -0.474. The molecule has 0 aromatic heterocycles. The van der Waals surface area contributed by atoms with Crippen LogP contribution >= 0.6 is 0 Å². The maximum Gasteiger partial charge on any atom is 0.326 e. The lowest BCUT2D eigenvalue weighted by molar-refractivity contribution is -0.149. The van der Waals surface area contributed by atoms with Crippen LogP contribution in [0, 0.1) is 0 Å². The molecule has 0 spiro atoms. The summed E-state index contributed by atoms with van der Waals surface area (Å²) in [4.78, 5) is 14.3. The van der Waals surface area contributed by atoms with Crippen molar-refractivity contribution in [2.75, 3.05) is 27.2 Å². The summed E-state index contributed by atoms with van der Waals surface area (Å²) < 4.78 is 4.92. The number of nitrogens with zero attached hydrogens (tertiary/aromatic N) is 1. The summed E-state index contributed by atoms with van der Waals surface area (Å²) in [6.07, 6.45) is 2.72. The lowest BCUT2D eigenvalue weighted by Gasteiger charge is -2.30. The van der Waals surface area contributed by atoms with Crippen molar-refractivity contribution in [3.8, 4) is 0 Å². The second-order valence-corrected chi connectivity index (χ2v) is 4.81. The molecule has 1 atom stereocenters. The number of likely N-dealkylation sites (tertiary alicyclic amines) is 1. The van der Waals surface area contributed by atoms with Crippen LogP contribution in [0.5, 0.6) is 0 Å². The number of methoxy groups -OCH3 is 1. The lowest BCUT2D eigenvalue weighted by atomic mass is 9.91. The highest BCUT2D eigenvalue weighted by atomic mass is 16.5. The van der Waals surface area contributed by atoms with Crippen LogP contribution < -0.4 is 5.32 Å². The van der Waals surface area contributed by atoms with Crippen LogP contribution in [0.3, 0.4) is 0 Å². The van der Waals surface area contributed by atoms with Crippen LogP contribution in [0.15, 0.2) is 0 Å². The predicted molar refractivity (Wildman–Crippen MR) is 64.4 cm³/mol. The number of likely N-dealkylation sites (N-methyl/N-ethyl adjacent to an activating group) is 1. The number of carbonyl (C=O) groups excluding carboxylic acids is 1. The monoisotopic (exact) mass is 228 g/mol. The van der Waals surface area contributed by atoms with Gasteiger partial charge in [0.1, 0.15) is 5.54 Å². The van der Waals surface area contributed by atoms with Gasteiger partial charge in [0.25, 0.3) is 0 Å². The molecule has 1 N–H and O–H groups in total. The quantitative estimate of drug-likeness (QED) is 0.732. The number of nitrogens with one attached hydrogen (secondary N) is 1. The molecule has 0 saturated carbocycles. The summed E-state index contributed by atoms with van der Waals surface area (Å²) >= 11 is 0. The highest BCUT2D eigenvalue weighted by molar-refractivity contribution is 5.80. The molecule has 1 heterocycles. The Morgan fingerprint density at radius 3 is 2.56 bits per heavy atom. The molecule has 1 aliphatic rings. The molecule has 0 radical (unpaired) electrons. The van der Waals surface area contributed by atoms with Gasteiger partial charge in [-0.2, -0.15) is 0 Å². The van der Waals surface area contributed by atoms with E-state index in [0.717, 1.165) is 32.4 Å². The Labute approximate surface area is 98.3 Å². The molecule has 0 aliphatic carbocycles. The van der Waals surface area contributed by atoms with Gasteiger partial charge in [-0.05, 0) is 46.7 Å². The molecular weight excluding hydrogens is 204 g/mol. The first kappa shape index (κ1) is 13.5. The number of esters is 1. The molecule has 1 aliphatic heterocycles. The summed E-state index contributed by atoms with van der Waals surface area (Å²) in [5.41, 5.74) is -0.474. The molecule has 0 aromatic rings. The Balaban J connectivity index is 2.72. The van der Waals surface area contributed by atoms with Gasteiger partial charge in [-0.15, -0.1) is 0 Å². The first-order valence-corrected chi connectivity index (χ1v) is 6.07. The molecule has 4 nitrogen and oxygen atoms in total. The average Bonchev–Trinajstić information content (AvgIpc) is 2.51. The van der Waals surface area contributed by atoms with E-state index in [1.54, 1.807) is 0 Å². The van der Waals surface area contributed by atoms with Crippen molar-refractivity contribution in [3.05, 3.63) is 0 Å². The van der Waals surface area contributed by atoms with E-state index in [0.29, 0.717) is 6.04 Å². The van der Waals surface area contributed by atoms with Gasteiger partial charge in [0.15, 0.2) is 0 Å². The zero-order valence-electron chi connectivity index (χ0n) is 10.9. The van der Waals surface area contributed by atoms with Gasteiger partial charge < -0.3 is 15.0 Å². The van der Waals surface area contributed by atoms with E-state index in [-0.39, 0.29) is 5.97 Å². The molecule has 1 unspecified atom stereocenters. The second-order valence-electron chi connectivity index (χ2n) is 4.81. The number of carbonyl (C=O) groups is 1. The van der Waals surface area contributed by atoms with Gasteiger partial charge in [0, 0.05) is 12.6 Å². The van der Waals surface area contributed by atoms with Crippen LogP contribution in [0.25, 0.3) is 0 Å². The van der Waals surface area contributed by atoms with Crippen molar-refractivity contribution in [3.63, 3.8) is 0 Å². The fourth-order valence-electron chi connectivity index (χ4n) is 2.42. The highest BCUT2D eigenvalue weighted by Crippen LogP contribution is 2.24. The van der Waals surface area contributed by atoms with Crippen LogP contribution in [-0.2, 0) is 9.53 Å². The molecule has 4 heteroatoms. The third kappa shape index (κ3) is 2.74. The molecule has 1 rings (SSSR count). The summed E-state index contributed by atoms with van der Waals surface area (Å²) in [5.74, 6) is -0.124. The van der Waals surface area contributed by atoms with E-state index in [2.05, 4.69) is 24.1 Å². The third-order valence-corrected chi connectivity index (χ3v) is 3.66. The number of hydrogen-bond acceptors (Lipinski definition) is 4. The number of hydrogen-bond donors (Lipinski definition) is 1. The lowest BCUT2D eigenvalue weighted by Crippen LogP contribution is -2.51. The van der Waals surface area contributed by atoms with Gasteiger partial charge >= 0.3 is 5.97 Å². The van der Waals surface area contributed by atoms with Crippen molar-refractivity contribution in [1.82, 2.24) is 10.2 Å². The van der Waals surface area contributed by atoms with Crippen molar-refractivity contribution < 1.29 is 9.53 Å². The highest BCUT2D eigenvalue weighted by Gasteiger charge is 2.39. The van der Waals surface area contributed by atoms with Gasteiger partial charge in [0.2, 0.25) is 0 Å². The standard InChI is InChI=1S/C12H24N2O2/c1-10(2)14-8-5-6-12(13-3,7-9-14)11(15)16-4/h10,13H,5-9H2,1-4H3. The van der Waals surface area contributed by atoms with E-state index >= 15 is 0 Å².